The average Bonchev–Trinajstić information content (AvgIpc) is 2.63. The number of hydrogen-bond donors (Lipinski definition) is 0. The van der Waals surface area contributed by atoms with E-state index in [4.69, 9.17) is 4.74 Å². The van der Waals surface area contributed by atoms with Crippen LogP contribution in [0, 0.1) is 23.7 Å². The molecule has 0 aromatic heterocycles. The summed E-state index contributed by atoms with van der Waals surface area (Å²) in [5, 5.41) is 0. The summed E-state index contributed by atoms with van der Waals surface area (Å²) in [4.78, 5) is 0. The van der Waals surface area contributed by atoms with Gasteiger partial charge < -0.3 is 4.74 Å². The summed E-state index contributed by atoms with van der Waals surface area (Å²) in [7, 11) is 0. The van der Waals surface area contributed by atoms with Crippen LogP contribution in [0.15, 0.2) is 24.8 Å². The van der Waals surface area contributed by atoms with E-state index in [9.17, 15) is 0 Å². The lowest BCUT2D eigenvalue weighted by molar-refractivity contribution is 0.0937. The Kier molecular flexibility index (Phi) is 9.80. The fourth-order valence-electron chi connectivity index (χ4n) is 4.60. The summed E-state index contributed by atoms with van der Waals surface area (Å²) in [5.41, 5.74) is 0. The van der Waals surface area contributed by atoms with Gasteiger partial charge in [-0.2, -0.15) is 0 Å². The van der Waals surface area contributed by atoms with E-state index in [1.54, 1.807) is 0 Å². The Hall–Kier alpha value is -0.560. The minimum Gasteiger partial charge on any atom is -0.377 e. The van der Waals surface area contributed by atoms with E-state index in [0.29, 0.717) is 0 Å². The normalized spacial score (nSPS) is 31.4. The van der Waals surface area contributed by atoms with Crippen LogP contribution in [-0.2, 0) is 4.74 Å². The lowest BCUT2D eigenvalue weighted by Crippen LogP contribution is -2.20. The smallest absolute Gasteiger partial charge is 0.0644 e. The molecule has 0 radical (unpaired) electrons. The Morgan fingerprint density at radius 2 is 1.46 bits per heavy atom. The fraction of sp³-hybridized carbons (Fsp3) is 0.826. The molecule has 0 unspecified atom stereocenters. The molecule has 2 saturated carbocycles. The molecule has 24 heavy (non-hydrogen) atoms. The zero-order valence-electron chi connectivity index (χ0n) is 16.1. The van der Waals surface area contributed by atoms with E-state index in [2.05, 4.69) is 25.7 Å². The summed E-state index contributed by atoms with van der Waals surface area (Å²) >= 11 is 0. The highest BCUT2D eigenvalue weighted by Crippen LogP contribution is 2.36. The van der Waals surface area contributed by atoms with E-state index >= 15 is 0 Å². The third-order valence-corrected chi connectivity index (χ3v) is 6.29. The van der Waals surface area contributed by atoms with E-state index in [0.717, 1.165) is 36.9 Å². The lowest BCUT2D eigenvalue weighted by atomic mass is 9.75. The van der Waals surface area contributed by atoms with Crippen molar-refractivity contribution in [3.05, 3.63) is 24.8 Å². The number of unbranched alkanes of at least 4 members (excludes halogenated alkanes) is 1. The van der Waals surface area contributed by atoms with Gasteiger partial charge >= 0.3 is 0 Å². The van der Waals surface area contributed by atoms with E-state index in [-0.39, 0.29) is 0 Å². The van der Waals surface area contributed by atoms with E-state index in [1.165, 1.54) is 77.0 Å². The molecular weight excluding hydrogens is 292 g/mol. The van der Waals surface area contributed by atoms with Crippen molar-refractivity contribution >= 4 is 0 Å². The maximum Gasteiger partial charge on any atom is 0.0644 e. The molecule has 2 fully saturated rings. The standard InChI is InChI=1S/C23H40O/c1-3-5-6-7-20-8-10-21(11-9-20)12-13-22-14-16-23(17-15-22)19-24-18-4-2/h4,6-7,20-23H,2-3,5,8-19H2,1H3. The van der Waals surface area contributed by atoms with Crippen molar-refractivity contribution in [1.82, 2.24) is 0 Å². The van der Waals surface area contributed by atoms with Crippen molar-refractivity contribution in [2.24, 2.45) is 23.7 Å². The number of rotatable bonds is 10. The lowest BCUT2D eigenvalue weighted by Gasteiger charge is -2.31. The molecule has 0 bridgehead atoms. The van der Waals surface area contributed by atoms with Crippen molar-refractivity contribution in [1.29, 1.82) is 0 Å². The Labute approximate surface area is 150 Å². The van der Waals surface area contributed by atoms with Crippen LogP contribution in [0.5, 0.6) is 0 Å². The quantitative estimate of drug-likeness (QED) is 0.311. The van der Waals surface area contributed by atoms with Crippen LogP contribution in [-0.4, -0.2) is 13.2 Å². The summed E-state index contributed by atoms with van der Waals surface area (Å²) in [5.74, 6) is 3.72. The predicted molar refractivity (Wildman–Crippen MR) is 105 cm³/mol. The molecular formula is C23H40O. The van der Waals surface area contributed by atoms with Gasteiger partial charge in [-0.1, -0.05) is 57.3 Å². The van der Waals surface area contributed by atoms with Gasteiger partial charge in [-0.25, -0.2) is 0 Å². The van der Waals surface area contributed by atoms with Gasteiger partial charge in [-0.3, -0.25) is 0 Å². The minimum absolute atomic E-state index is 0.718. The zero-order chi connectivity index (χ0) is 17.0. The molecule has 2 aliphatic rings. The second-order valence-electron chi connectivity index (χ2n) is 8.29. The largest absolute Gasteiger partial charge is 0.377 e. The molecule has 0 aromatic carbocycles. The molecule has 138 valence electrons. The maximum absolute atomic E-state index is 5.63. The van der Waals surface area contributed by atoms with Crippen molar-refractivity contribution in [2.45, 2.75) is 84.0 Å². The molecule has 0 aliphatic heterocycles. The molecule has 2 aliphatic carbocycles. The minimum atomic E-state index is 0.718. The fourth-order valence-corrected chi connectivity index (χ4v) is 4.60. The van der Waals surface area contributed by atoms with Crippen molar-refractivity contribution in [2.75, 3.05) is 13.2 Å². The summed E-state index contributed by atoms with van der Waals surface area (Å²) in [6.07, 6.45) is 23.8. The van der Waals surface area contributed by atoms with Crippen LogP contribution in [0.25, 0.3) is 0 Å². The zero-order valence-corrected chi connectivity index (χ0v) is 16.1. The Morgan fingerprint density at radius 1 is 0.875 bits per heavy atom. The van der Waals surface area contributed by atoms with Gasteiger partial charge in [0.25, 0.3) is 0 Å². The van der Waals surface area contributed by atoms with Gasteiger partial charge in [0, 0.05) is 6.61 Å². The van der Waals surface area contributed by atoms with Crippen LogP contribution in [0.1, 0.15) is 84.0 Å². The van der Waals surface area contributed by atoms with Crippen LogP contribution in [0.4, 0.5) is 0 Å². The monoisotopic (exact) mass is 332 g/mol. The van der Waals surface area contributed by atoms with Crippen LogP contribution in [0.2, 0.25) is 0 Å². The van der Waals surface area contributed by atoms with Gasteiger partial charge in [-0.15, -0.1) is 6.58 Å². The van der Waals surface area contributed by atoms with Gasteiger partial charge in [0.05, 0.1) is 6.61 Å². The van der Waals surface area contributed by atoms with Crippen molar-refractivity contribution < 1.29 is 4.74 Å². The molecule has 1 heteroatoms. The highest BCUT2D eigenvalue weighted by Gasteiger charge is 2.24. The van der Waals surface area contributed by atoms with Crippen LogP contribution < -0.4 is 0 Å². The Balaban J connectivity index is 1.53. The highest BCUT2D eigenvalue weighted by molar-refractivity contribution is 4.91. The third kappa shape index (κ3) is 7.55. The molecule has 0 saturated heterocycles. The van der Waals surface area contributed by atoms with Gasteiger partial charge in [0.2, 0.25) is 0 Å². The Bertz CT molecular complexity index is 343. The number of hydrogen-bond acceptors (Lipinski definition) is 1. The molecule has 1 nitrogen and oxygen atoms in total. The van der Waals surface area contributed by atoms with Gasteiger partial charge in [0.1, 0.15) is 0 Å². The van der Waals surface area contributed by atoms with Gasteiger partial charge in [0.15, 0.2) is 0 Å². The van der Waals surface area contributed by atoms with Crippen LogP contribution in [0.3, 0.4) is 0 Å². The predicted octanol–water partition coefficient (Wildman–Crippen LogP) is 6.94. The Morgan fingerprint density at radius 3 is 2.04 bits per heavy atom. The summed E-state index contributed by atoms with van der Waals surface area (Å²) in [6.45, 7) is 7.66. The molecule has 0 aromatic rings. The molecule has 0 amide bonds. The van der Waals surface area contributed by atoms with E-state index in [1.807, 2.05) is 6.08 Å². The third-order valence-electron chi connectivity index (χ3n) is 6.29. The highest BCUT2D eigenvalue weighted by atomic mass is 16.5. The second-order valence-corrected chi connectivity index (χ2v) is 8.29. The number of allylic oxidation sites excluding steroid dienone is 2. The molecule has 2 rings (SSSR count). The average molecular weight is 333 g/mol. The molecule has 0 heterocycles. The van der Waals surface area contributed by atoms with E-state index < -0.39 is 0 Å². The molecule has 0 N–H and O–H groups in total. The van der Waals surface area contributed by atoms with Gasteiger partial charge in [-0.05, 0) is 68.6 Å². The first-order valence-electron chi connectivity index (χ1n) is 10.7. The van der Waals surface area contributed by atoms with Crippen molar-refractivity contribution in [3.63, 3.8) is 0 Å². The first-order chi connectivity index (χ1) is 11.8. The molecule has 0 atom stereocenters. The second kappa shape index (κ2) is 11.9. The number of ether oxygens (including phenoxy) is 1. The van der Waals surface area contributed by atoms with Crippen molar-refractivity contribution in [3.8, 4) is 0 Å². The topological polar surface area (TPSA) is 9.23 Å². The first kappa shape index (κ1) is 19.8. The molecule has 0 spiro atoms. The maximum atomic E-state index is 5.63. The van der Waals surface area contributed by atoms with Crippen LogP contribution >= 0.6 is 0 Å². The SMILES string of the molecule is C=CCOCC1CCC(CCC2CCC(C=CCCC)CC2)CC1. The first-order valence-corrected chi connectivity index (χ1v) is 10.7. The summed E-state index contributed by atoms with van der Waals surface area (Å²) in [6, 6.07) is 0. The summed E-state index contributed by atoms with van der Waals surface area (Å²) < 4.78 is 5.63.